The zero-order valence-corrected chi connectivity index (χ0v) is 7.91. The lowest BCUT2D eigenvalue weighted by Gasteiger charge is -1.99. The molecule has 0 aliphatic carbocycles. The molecule has 0 saturated heterocycles. The van der Waals surface area contributed by atoms with Crippen molar-refractivity contribution in [1.82, 2.24) is 0 Å². The second-order valence-corrected chi connectivity index (χ2v) is 3.20. The van der Waals surface area contributed by atoms with E-state index in [2.05, 4.69) is 5.32 Å². The van der Waals surface area contributed by atoms with Crippen LogP contribution in [0.5, 0.6) is 0 Å². The van der Waals surface area contributed by atoms with Crippen molar-refractivity contribution >= 4 is 22.4 Å². The summed E-state index contributed by atoms with van der Waals surface area (Å²) in [5, 5.41) is 4.03. The van der Waals surface area contributed by atoms with Crippen LogP contribution >= 0.6 is 0 Å². The number of carbonyl (C=O) groups excluding carboxylic acids is 1. The SMILES string of the molecule is CC(=O)CNc1coc2ccccc12. The molecule has 0 aliphatic rings. The molecule has 2 aromatic rings. The number of rotatable bonds is 3. The normalized spacial score (nSPS) is 10.4. The summed E-state index contributed by atoms with van der Waals surface area (Å²) in [6.07, 6.45) is 1.63. The molecule has 1 aromatic carbocycles. The van der Waals surface area contributed by atoms with Crippen molar-refractivity contribution in [2.75, 3.05) is 11.9 Å². The fourth-order valence-electron chi connectivity index (χ4n) is 1.33. The van der Waals surface area contributed by atoms with Crippen molar-refractivity contribution in [3.05, 3.63) is 30.5 Å². The molecule has 0 aliphatic heterocycles. The average Bonchev–Trinajstić information content (AvgIpc) is 2.58. The van der Waals surface area contributed by atoms with E-state index in [-0.39, 0.29) is 5.78 Å². The summed E-state index contributed by atoms with van der Waals surface area (Å²) in [5.41, 5.74) is 1.70. The zero-order chi connectivity index (χ0) is 9.97. The molecule has 0 unspecified atom stereocenters. The number of hydrogen-bond donors (Lipinski definition) is 1. The van der Waals surface area contributed by atoms with Crippen molar-refractivity contribution in [1.29, 1.82) is 0 Å². The molecule has 1 heterocycles. The Labute approximate surface area is 81.7 Å². The standard InChI is InChI=1S/C11H11NO2/c1-8(13)6-12-10-7-14-11-5-3-2-4-9(10)11/h2-5,7,12H,6H2,1H3. The maximum absolute atomic E-state index is 10.8. The molecule has 0 atom stereocenters. The number of nitrogens with one attached hydrogen (secondary N) is 1. The van der Waals surface area contributed by atoms with Crippen LogP contribution in [0.1, 0.15) is 6.92 Å². The Kier molecular flexibility index (Phi) is 2.23. The van der Waals surface area contributed by atoms with E-state index in [1.807, 2.05) is 24.3 Å². The third-order valence-corrected chi connectivity index (χ3v) is 2.01. The lowest BCUT2D eigenvalue weighted by molar-refractivity contribution is -0.115. The smallest absolute Gasteiger partial charge is 0.148 e. The Balaban J connectivity index is 2.29. The van der Waals surface area contributed by atoms with Gasteiger partial charge in [0.05, 0.1) is 12.2 Å². The van der Waals surface area contributed by atoms with Gasteiger partial charge in [0.25, 0.3) is 0 Å². The second-order valence-electron chi connectivity index (χ2n) is 3.20. The largest absolute Gasteiger partial charge is 0.462 e. The van der Waals surface area contributed by atoms with Crippen LogP contribution in [0.4, 0.5) is 5.69 Å². The molecule has 0 amide bonds. The summed E-state index contributed by atoms with van der Waals surface area (Å²) in [6.45, 7) is 1.89. The highest BCUT2D eigenvalue weighted by Gasteiger charge is 2.04. The van der Waals surface area contributed by atoms with Gasteiger partial charge in [-0.2, -0.15) is 0 Å². The lowest BCUT2D eigenvalue weighted by atomic mass is 10.2. The zero-order valence-electron chi connectivity index (χ0n) is 7.91. The van der Waals surface area contributed by atoms with Gasteiger partial charge in [0, 0.05) is 5.39 Å². The van der Waals surface area contributed by atoms with E-state index in [0.717, 1.165) is 16.7 Å². The summed E-state index contributed by atoms with van der Waals surface area (Å²) >= 11 is 0. The first-order chi connectivity index (χ1) is 6.77. The minimum Gasteiger partial charge on any atom is -0.462 e. The molecule has 2 rings (SSSR count). The van der Waals surface area contributed by atoms with E-state index < -0.39 is 0 Å². The van der Waals surface area contributed by atoms with E-state index in [0.29, 0.717) is 6.54 Å². The number of para-hydroxylation sites is 1. The van der Waals surface area contributed by atoms with Gasteiger partial charge in [0.15, 0.2) is 0 Å². The van der Waals surface area contributed by atoms with Gasteiger partial charge in [-0.25, -0.2) is 0 Å². The minimum absolute atomic E-state index is 0.107. The van der Waals surface area contributed by atoms with Crippen molar-refractivity contribution < 1.29 is 9.21 Å². The fraction of sp³-hybridized carbons (Fsp3) is 0.182. The van der Waals surface area contributed by atoms with E-state index in [1.54, 1.807) is 13.2 Å². The lowest BCUT2D eigenvalue weighted by Crippen LogP contribution is -2.09. The van der Waals surface area contributed by atoms with Crippen molar-refractivity contribution in [3.8, 4) is 0 Å². The molecule has 3 nitrogen and oxygen atoms in total. The monoisotopic (exact) mass is 189 g/mol. The third kappa shape index (κ3) is 1.62. The van der Waals surface area contributed by atoms with Gasteiger partial charge in [-0.1, -0.05) is 12.1 Å². The Morgan fingerprint density at radius 1 is 1.43 bits per heavy atom. The van der Waals surface area contributed by atoms with Crippen molar-refractivity contribution in [2.24, 2.45) is 0 Å². The number of ketones is 1. The van der Waals surface area contributed by atoms with E-state index in [4.69, 9.17) is 4.42 Å². The number of carbonyl (C=O) groups is 1. The Bertz CT molecular complexity index is 459. The molecule has 0 bridgehead atoms. The van der Waals surface area contributed by atoms with Crippen LogP contribution in [0.2, 0.25) is 0 Å². The first kappa shape index (κ1) is 8.81. The topological polar surface area (TPSA) is 42.2 Å². The van der Waals surface area contributed by atoms with Gasteiger partial charge in [0.1, 0.15) is 17.6 Å². The van der Waals surface area contributed by atoms with Gasteiger partial charge in [-0.3, -0.25) is 4.79 Å². The summed E-state index contributed by atoms with van der Waals surface area (Å²) in [4.78, 5) is 10.8. The van der Waals surface area contributed by atoms with E-state index >= 15 is 0 Å². The summed E-state index contributed by atoms with van der Waals surface area (Å²) in [5.74, 6) is 0.107. The third-order valence-electron chi connectivity index (χ3n) is 2.01. The molecule has 1 N–H and O–H groups in total. The summed E-state index contributed by atoms with van der Waals surface area (Å²) in [7, 11) is 0. The number of fused-ring (bicyclic) bond motifs is 1. The molecule has 3 heteroatoms. The van der Waals surface area contributed by atoms with Crippen LogP contribution in [-0.4, -0.2) is 12.3 Å². The predicted octanol–water partition coefficient (Wildman–Crippen LogP) is 2.43. The first-order valence-electron chi connectivity index (χ1n) is 4.47. The molecule has 0 spiro atoms. The number of benzene rings is 1. The summed E-state index contributed by atoms with van der Waals surface area (Å²) in [6, 6.07) is 7.72. The van der Waals surface area contributed by atoms with Crippen LogP contribution in [0.25, 0.3) is 11.0 Å². The van der Waals surface area contributed by atoms with Crippen molar-refractivity contribution in [3.63, 3.8) is 0 Å². The predicted molar refractivity (Wildman–Crippen MR) is 55.4 cm³/mol. The Morgan fingerprint density at radius 2 is 2.21 bits per heavy atom. The summed E-state index contributed by atoms with van der Waals surface area (Å²) < 4.78 is 5.31. The molecule has 72 valence electrons. The van der Waals surface area contributed by atoms with Crippen LogP contribution in [-0.2, 0) is 4.79 Å². The van der Waals surface area contributed by atoms with Gasteiger partial charge in [-0.15, -0.1) is 0 Å². The van der Waals surface area contributed by atoms with Gasteiger partial charge < -0.3 is 9.73 Å². The fourth-order valence-corrected chi connectivity index (χ4v) is 1.33. The highest BCUT2D eigenvalue weighted by atomic mass is 16.3. The van der Waals surface area contributed by atoms with Gasteiger partial charge >= 0.3 is 0 Å². The number of anilines is 1. The minimum atomic E-state index is 0.107. The molecule has 0 fully saturated rings. The van der Waals surface area contributed by atoms with E-state index in [9.17, 15) is 4.79 Å². The number of Topliss-reactive ketones (excluding diaryl/α,β-unsaturated/α-hetero) is 1. The van der Waals surface area contributed by atoms with Crippen LogP contribution in [0.15, 0.2) is 34.9 Å². The Hall–Kier alpha value is -1.77. The highest BCUT2D eigenvalue weighted by molar-refractivity contribution is 5.92. The van der Waals surface area contributed by atoms with Crippen molar-refractivity contribution in [2.45, 2.75) is 6.92 Å². The number of hydrogen-bond acceptors (Lipinski definition) is 3. The molecule has 1 aromatic heterocycles. The quantitative estimate of drug-likeness (QED) is 0.806. The molecule has 0 saturated carbocycles. The van der Waals surface area contributed by atoms with Gasteiger partial charge in [-0.05, 0) is 19.1 Å². The molecule has 0 radical (unpaired) electrons. The maximum Gasteiger partial charge on any atom is 0.148 e. The molecule has 14 heavy (non-hydrogen) atoms. The average molecular weight is 189 g/mol. The van der Waals surface area contributed by atoms with Crippen LogP contribution in [0.3, 0.4) is 0 Å². The Morgan fingerprint density at radius 3 is 3.00 bits per heavy atom. The maximum atomic E-state index is 10.8. The first-order valence-corrected chi connectivity index (χ1v) is 4.47. The molecular formula is C11H11NO2. The van der Waals surface area contributed by atoms with Gasteiger partial charge in [0.2, 0.25) is 0 Å². The van der Waals surface area contributed by atoms with E-state index in [1.165, 1.54) is 0 Å². The van der Waals surface area contributed by atoms with Crippen LogP contribution < -0.4 is 5.32 Å². The van der Waals surface area contributed by atoms with Crippen LogP contribution in [0, 0.1) is 0 Å². The second kappa shape index (κ2) is 3.54. The number of furan rings is 1. The molecular weight excluding hydrogens is 178 g/mol. The highest BCUT2D eigenvalue weighted by Crippen LogP contribution is 2.24.